The summed E-state index contributed by atoms with van der Waals surface area (Å²) in [4.78, 5) is 8.63. The number of fused-ring (bicyclic) bond motifs is 1. The van der Waals surface area contributed by atoms with Gasteiger partial charge in [0.25, 0.3) is 0 Å². The summed E-state index contributed by atoms with van der Waals surface area (Å²) < 4.78 is 4.01. The number of aromatic nitrogens is 5. The molecule has 0 amide bonds. The Hall–Kier alpha value is -2.21. The summed E-state index contributed by atoms with van der Waals surface area (Å²) >= 11 is 0. The maximum Gasteiger partial charge on any atom is 0.110 e. The minimum Gasteiger partial charge on any atom is -0.335 e. The van der Waals surface area contributed by atoms with Crippen LogP contribution in [0.15, 0.2) is 37.2 Å². The molecular formula is C14H18N6. The molecule has 0 aliphatic carbocycles. The molecule has 104 valence electrons. The van der Waals surface area contributed by atoms with Crippen LogP contribution in [0, 0.1) is 0 Å². The summed E-state index contributed by atoms with van der Waals surface area (Å²) in [5, 5.41) is 7.72. The Morgan fingerprint density at radius 1 is 1.25 bits per heavy atom. The Bertz CT molecular complexity index is 698. The third kappa shape index (κ3) is 2.18. The molecule has 6 nitrogen and oxygen atoms in total. The monoisotopic (exact) mass is 270 g/mol. The summed E-state index contributed by atoms with van der Waals surface area (Å²) in [6.07, 6.45) is 12.0. The maximum atomic E-state index is 4.44. The van der Waals surface area contributed by atoms with Crippen molar-refractivity contribution >= 4 is 5.52 Å². The summed E-state index contributed by atoms with van der Waals surface area (Å²) in [6, 6.07) is 0.171. The highest BCUT2D eigenvalue weighted by molar-refractivity contribution is 5.53. The molecular weight excluding hydrogens is 252 g/mol. The third-order valence-electron chi connectivity index (χ3n) is 3.61. The van der Waals surface area contributed by atoms with Gasteiger partial charge in [-0.25, -0.2) is 9.50 Å². The van der Waals surface area contributed by atoms with Gasteiger partial charge in [0, 0.05) is 49.4 Å². The van der Waals surface area contributed by atoms with Crippen molar-refractivity contribution in [3.05, 3.63) is 48.6 Å². The van der Waals surface area contributed by atoms with E-state index in [2.05, 4.69) is 31.9 Å². The lowest BCUT2D eigenvalue weighted by molar-refractivity contribution is 0.556. The minimum absolute atomic E-state index is 0.171. The SMILES string of the molecule is CCn1ccnc1CC(NC)c1cnn2ccncc12. The van der Waals surface area contributed by atoms with Crippen molar-refractivity contribution in [2.75, 3.05) is 7.05 Å². The van der Waals surface area contributed by atoms with E-state index in [9.17, 15) is 0 Å². The molecule has 3 aromatic rings. The first kappa shape index (κ1) is 12.8. The highest BCUT2D eigenvalue weighted by Crippen LogP contribution is 2.21. The maximum absolute atomic E-state index is 4.44. The smallest absolute Gasteiger partial charge is 0.110 e. The van der Waals surface area contributed by atoms with Gasteiger partial charge in [0.05, 0.1) is 17.9 Å². The lowest BCUT2D eigenvalue weighted by Crippen LogP contribution is -2.20. The Labute approximate surface area is 117 Å². The average Bonchev–Trinajstić information content (AvgIpc) is 3.11. The second-order valence-electron chi connectivity index (χ2n) is 4.68. The Kier molecular flexibility index (Phi) is 3.47. The fourth-order valence-electron chi connectivity index (χ4n) is 2.49. The second kappa shape index (κ2) is 5.42. The molecule has 3 aromatic heterocycles. The van der Waals surface area contributed by atoms with Gasteiger partial charge in [-0.1, -0.05) is 0 Å². The Morgan fingerprint density at radius 3 is 2.95 bits per heavy atom. The van der Waals surface area contributed by atoms with Crippen LogP contribution >= 0.6 is 0 Å². The first-order valence-corrected chi connectivity index (χ1v) is 6.78. The lowest BCUT2D eigenvalue weighted by Gasteiger charge is -2.15. The van der Waals surface area contributed by atoms with E-state index < -0.39 is 0 Å². The molecule has 0 aliphatic heterocycles. The zero-order chi connectivity index (χ0) is 13.9. The van der Waals surface area contributed by atoms with Gasteiger partial charge >= 0.3 is 0 Å². The van der Waals surface area contributed by atoms with Crippen molar-refractivity contribution in [2.45, 2.75) is 25.9 Å². The minimum atomic E-state index is 0.171. The van der Waals surface area contributed by atoms with Crippen molar-refractivity contribution in [3.8, 4) is 0 Å². The molecule has 0 spiro atoms. The van der Waals surface area contributed by atoms with Crippen LogP contribution in [-0.4, -0.2) is 31.2 Å². The van der Waals surface area contributed by atoms with Gasteiger partial charge in [-0.15, -0.1) is 0 Å². The van der Waals surface area contributed by atoms with Gasteiger partial charge in [0.1, 0.15) is 5.82 Å². The number of aryl methyl sites for hydroxylation is 1. The van der Waals surface area contributed by atoms with E-state index >= 15 is 0 Å². The van der Waals surface area contributed by atoms with Crippen molar-refractivity contribution in [2.24, 2.45) is 0 Å². The number of hydrogen-bond donors (Lipinski definition) is 1. The zero-order valence-electron chi connectivity index (χ0n) is 11.7. The van der Waals surface area contributed by atoms with Crippen molar-refractivity contribution < 1.29 is 0 Å². The number of hydrogen-bond acceptors (Lipinski definition) is 4. The Balaban J connectivity index is 1.94. The molecule has 0 radical (unpaired) electrons. The molecule has 0 bridgehead atoms. The summed E-state index contributed by atoms with van der Waals surface area (Å²) in [7, 11) is 1.96. The average molecular weight is 270 g/mol. The van der Waals surface area contributed by atoms with Gasteiger partial charge in [0.15, 0.2) is 0 Å². The summed E-state index contributed by atoms with van der Waals surface area (Å²) in [5.41, 5.74) is 2.17. The number of nitrogens with zero attached hydrogens (tertiary/aromatic N) is 5. The van der Waals surface area contributed by atoms with Gasteiger partial charge < -0.3 is 9.88 Å². The number of nitrogens with one attached hydrogen (secondary N) is 1. The molecule has 3 heterocycles. The van der Waals surface area contributed by atoms with E-state index in [1.165, 1.54) is 0 Å². The quantitative estimate of drug-likeness (QED) is 0.762. The molecule has 0 saturated carbocycles. The van der Waals surface area contributed by atoms with Gasteiger partial charge in [-0.3, -0.25) is 4.98 Å². The third-order valence-corrected chi connectivity index (χ3v) is 3.61. The van der Waals surface area contributed by atoms with Crippen LogP contribution in [-0.2, 0) is 13.0 Å². The normalized spacial score (nSPS) is 12.9. The van der Waals surface area contributed by atoms with Crippen LogP contribution in [0.5, 0.6) is 0 Å². The van der Waals surface area contributed by atoms with Crippen LogP contribution < -0.4 is 5.32 Å². The topological polar surface area (TPSA) is 60.0 Å². The highest BCUT2D eigenvalue weighted by Gasteiger charge is 2.17. The largest absolute Gasteiger partial charge is 0.335 e. The summed E-state index contributed by atoms with van der Waals surface area (Å²) in [6.45, 7) is 3.06. The predicted molar refractivity (Wildman–Crippen MR) is 76.4 cm³/mol. The van der Waals surface area contributed by atoms with Gasteiger partial charge in [-0.05, 0) is 14.0 Å². The van der Waals surface area contributed by atoms with E-state index in [4.69, 9.17) is 0 Å². The Morgan fingerprint density at radius 2 is 2.15 bits per heavy atom. The molecule has 3 rings (SSSR count). The van der Waals surface area contributed by atoms with Crippen molar-refractivity contribution in [1.82, 2.24) is 29.5 Å². The molecule has 0 aromatic carbocycles. The molecule has 0 saturated heterocycles. The van der Waals surface area contributed by atoms with Gasteiger partial charge in [-0.2, -0.15) is 5.10 Å². The number of rotatable bonds is 5. The zero-order valence-corrected chi connectivity index (χ0v) is 11.7. The standard InChI is InChI=1S/C14H18N6/c1-3-19-6-5-17-14(19)8-12(15-2)11-9-18-20-7-4-16-10-13(11)20/h4-7,9-10,12,15H,3,8H2,1-2H3. The van der Waals surface area contributed by atoms with Crippen LogP contribution in [0.25, 0.3) is 5.52 Å². The summed E-state index contributed by atoms with van der Waals surface area (Å²) in [5.74, 6) is 1.08. The molecule has 0 aliphatic rings. The van der Waals surface area contributed by atoms with Crippen LogP contribution in [0.2, 0.25) is 0 Å². The fraction of sp³-hybridized carbons (Fsp3) is 0.357. The molecule has 6 heteroatoms. The first-order valence-electron chi connectivity index (χ1n) is 6.78. The molecule has 1 N–H and O–H groups in total. The van der Waals surface area contributed by atoms with E-state index in [0.717, 1.165) is 29.9 Å². The van der Waals surface area contributed by atoms with E-state index in [1.807, 2.05) is 42.5 Å². The molecule has 1 unspecified atom stereocenters. The fourth-order valence-corrected chi connectivity index (χ4v) is 2.49. The van der Waals surface area contributed by atoms with Crippen molar-refractivity contribution in [1.29, 1.82) is 0 Å². The molecule has 20 heavy (non-hydrogen) atoms. The van der Waals surface area contributed by atoms with E-state index in [1.54, 1.807) is 6.20 Å². The van der Waals surface area contributed by atoms with Crippen LogP contribution in [0.4, 0.5) is 0 Å². The van der Waals surface area contributed by atoms with Crippen LogP contribution in [0.3, 0.4) is 0 Å². The molecule has 1 atom stereocenters. The van der Waals surface area contributed by atoms with E-state index in [-0.39, 0.29) is 6.04 Å². The van der Waals surface area contributed by atoms with Gasteiger partial charge in [0.2, 0.25) is 0 Å². The van der Waals surface area contributed by atoms with E-state index in [0.29, 0.717) is 0 Å². The lowest BCUT2D eigenvalue weighted by atomic mass is 10.1. The van der Waals surface area contributed by atoms with Crippen LogP contribution in [0.1, 0.15) is 24.4 Å². The predicted octanol–water partition coefficient (Wildman–Crippen LogP) is 1.45. The molecule has 0 fully saturated rings. The number of likely N-dealkylation sites (N-methyl/N-ethyl adjacent to an activating group) is 1. The second-order valence-corrected chi connectivity index (χ2v) is 4.68. The first-order chi connectivity index (χ1) is 9.83. The van der Waals surface area contributed by atoms with Crippen molar-refractivity contribution in [3.63, 3.8) is 0 Å². The highest BCUT2D eigenvalue weighted by atomic mass is 15.2. The number of imidazole rings is 1.